The van der Waals surface area contributed by atoms with Crippen molar-refractivity contribution < 1.29 is 9.53 Å². The highest BCUT2D eigenvalue weighted by atomic mass is 35.5. The highest BCUT2D eigenvalue weighted by Gasteiger charge is 2.22. The SMILES string of the molecule is O=C1NCC(CSc2cccc(Cl)c2)O1. The Bertz CT molecular complexity index is 372. The van der Waals surface area contributed by atoms with Crippen LogP contribution in [-0.4, -0.2) is 24.5 Å². The second-order valence-electron chi connectivity index (χ2n) is 3.18. The van der Waals surface area contributed by atoms with Crippen LogP contribution in [0.25, 0.3) is 0 Å². The summed E-state index contributed by atoms with van der Waals surface area (Å²) in [5, 5.41) is 3.34. The van der Waals surface area contributed by atoms with E-state index < -0.39 is 0 Å². The number of benzene rings is 1. The summed E-state index contributed by atoms with van der Waals surface area (Å²) < 4.78 is 5.01. The molecule has 0 aliphatic carbocycles. The Kier molecular flexibility index (Phi) is 3.38. The number of carbonyl (C=O) groups is 1. The summed E-state index contributed by atoms with van der Waals surface area (Å²) in [5.41, 5.74) is 0. The van der Waals surface area contributed by atoms with E-state index >= 15 is 0 Å². The maximum absolute atomic E-state index is 10.8. The molecule has 1 aliphatic heterocycles. The number of nitrogens with one attached hydrogen (secondary N) is 1. The molecule has 1 saturated heterocycles. The first-order valence-corrected chi connectivity index (χ1v) is 5.93. The monoisotopic (exact) mass is 243 g/mol. The first kappa shape index (κ1) is 10.6. The minimum atomic E-state index is -0.327. The van der Waals surface area contributed by atoms with Crippen molar-refractivity contribution in [2.75, 3.05) is 12.3 Å². The first-order chi connectivity index (χ1) is 7.24. The Labute approximate surface area is 97.1 Å². The van der Waals surface area contributed by atoms with Gasteiger partial charge in [0.1, 0.15) is 6.10 Å². The molecule has 0 spiro atoms. The van der Waals surface area contributed by atoms with Crippen LogP contribution in [0.5, 0.6) is 0 Å². The number of thioether (sulfide) groups is 1. The van der Waals surface area contributed by atoms with Crippen LogP contribution in [0.4, 0.5) is 4.79 Å². The minimum Gasteiger partial charge on any atom is -0.443 e. The maximum Gasteiger partial charge on any atom is 0.407 e. The van der Waals surface area contributed by atoms with Gasteiger partial charge in [-0.05, 0) is 18.2 Å². The molecule has 1 atom stereocenters. The van der Waals surface area contributed by atoms with Crippen molar-refractivity contribution in [3.05, 3.63) is 29.3 Å². The van der Waals surface area contributed by atoms with Crippen molar-refractivity contribution in [2.45, 2.75) is 11.0 Å². The molecular weight excluding hydrogens is 234 g/mol. The lowest BCUT2D eigenvalue weighted by molar-refractivity contribution is 0.150. The lowest BCUT2D eigenvalue weighted by atomic mass is 10.4. The molecule has 3 nitrogen and oxygen atoms in total. The van der Waals surface area contributed by atoms with Crippen molar-refractivity contribution in [3.63, 3.8) is 0 Å². The lowest BCUT2D eigenvalue weighted by Crippen LogP contribution is -2.16. The highest BCUT2D eigenvalue weighted by Crippen LogP contribution is 2.23. The molecule has 1 unspecified atom stereocenters. The number of cyclic esters (lactones) is 1. The molecule has 15 heavy (non-hydrogen) atoms. The van der Waals surface area contributed by atoms with Gasteiger partial charge in [0.15, 0.2) is 0 Å². The van der Waals surface area contributed by atoms with Crippen LogP contribution in [0.1, 0.15) is 0 Å². The van der Waals surface area contributed by atoms with Crippen LogP contribution in [0, 0.1) is 0 Å². The lowest BCUT2D eigenvalue weighted by Gasteiger charge is -2.06. The zero-order valence-electron chi connectivity index (χ0n) is 7.90. The molecule has 1 aromatic carbocycles. The number of alkyl carbamates (subject to hydrolysis) is 1. The fraction of sp³-hybridized carbons (Fsp3) is 0.300. The third-order valence-corrected chi connectivity index (χ3v) is 3.34. The van der Waals surface area contributed by atoms with Gasteiger partial charge in [-0.3, -0.25) is 0 Å². The number of hydrogen-bond acceptors (Lipinski definition) is 3. The molecule has 0 aromatic heterocycles. The molecule has 1 aromatic rings. The van der Waals surface area contributed by atoms with Gasteiger partial charge in [-0.25, -0.2) is 4.79 Å². The van der Waals surface area contributed by atoms with Crippen LogP contribution in [0.2, 0.25) is 5.02 Å². The minimum absolute atomic E-state index is 0.0403. The van der Waals surface area contributed by atoms with E-state index in [1.54, 1.807) is 11.8 Å². The first-order valence-electron chi connectivity index (χ1n) is 4.57. The van der Waals surface area contributed by atoms with Gasteiger partial charge in [0, 0.05) is 15.7 Å². The van der Waals surface area contributed by atoms with Gasteiger partial charge in [0.05, 0.1) is 6.54 Å². The molecule has 80 valence electrons. The molecule has 1 aliphatic rings. The fourth-order valence-electron chi connectivity index (χ4n) is 1.27. The summed E-state index contributed by atoms with van der Waals surface area (Å²) in [4.78, 5) is 11.8. The van der Waals surface area contributed by atoms with E-state index in [0.717, 1.165) is 15.7 Å². The van der Waals surface area contributed by atoms with E-state index in [9.17, 15) is 4.79 Å². The Morgan fingerprint density at radius 2 is 2.47 bits per heavy atom. The second kappa shape index (κ2) is 4.77. The average molecular weight is 244 g/mol. The van der Waals surface area contributed by atoms with Crippen LogP contribution in [0.15, 0.2) is 29.2 Å². The molecule has 0 saturated carbocycles. The molecule has 2 rings (SSSR count). The molecule has 5 heteroatoms. The van der Waals surface area contributed by atoms with Crippen LogP contribution in [0.3, 0.4) is 0 Å². The summed E-state index contributed by atoms with van der Waals surface area (Å²) in [5.74, 6) is 0.749. The quantitative estimate of drug-likeness (QED) is 0.830. The molecule has 1 fully saturated rings. The van der Waals surface area contributed by atoms with Gasteiger partial charge in [-0.2, -0.15) is 0 Å². The third kappa shape index (κ3) is 3.04. The van der Waals surface area contributed by atoms with E-state index in [0.29, 0.717) is 6.54 Å². The van der Waals surface area contributed by atoms with Gasteiger partial charge >= 0.3 is 6.09 Å². The maximum atomic E-state index is 10.8. The topological polar surface area (TPSA) is 38.3 Å². The number of rotatable bonds is 3. The summed E-state index contributed by atoms with van der Waals surface area (Å²) in [7, 11) is 0. The molecule has 1 heterocycles. The Morgan fingerprint density at radius 3 is 3.13 bits per heavy atom. The molecule has 1 N–H and O–H groups in total. The van der Waals surface area contributed by atoms with Crippen molar-refractivity contribution in [1.82, 2.24) is 5.32 Å². The zero-order chi connectivity index (χ0) is 10.7. The van der Waals surface area contributed by atoms with Crippen LogP contribution in [-0.2, 0) is 4.74 Å². The molecule has 1 amide bonds. The average Bonchev–Trinajstić information content (AvgIpc) is 2.62. The second-order valence-corrected chi connectivity index (χ2v) is 4.71. The summed E-state index contributed by atoms with van der Waals surface area (Å²) in [6, 6.07) is 7.63. The van der Waals surface area contributed by atoms with E-state index in [1.165, 1.54) is 0 Å². The van der Waals surface area contributed by atoms with Gasteiger partial charge in [-0.15, -0.1) is 11.8 Å². The smallest absolute Gasteiger partial charge is 0.407 e. The number of carbonyl (C=O) groups excluding carboxylic acids is 1. The third-order valence-electron chi connectivity index (χ3n) is 1.98. The van der Waals surface area contributed by atoms with E-state index in [2.05, 4.69) is 5.32 Å². The van der Waals surface area contributed by atoms with Crippen LogP contribution < -0.4 is 5.32 Å². The number of hydrogen-bond donors (Lipinski definition) is 1. The summed E-state index contributed by atoms with van der Waals surface area (Å²) in [6.07, 6.45) is -0.367. The fourth-order valence-corrected chi connectivity index (χ4v) is 2.48. The Morgan fingerprint density at radius 1 is 1.60 bits per heavy atom. The molecule has 0 bridgehead atoms. The van der Waals surface area contributed by atoms with Gasteiger partial charge in [-0.1, -0.05) is 17.7 Å². The summed E-state index contributed by atoms with van der Waals surface area (Å²) in [6.45, 7) is 0.590. The molecular formula is C10H10ClNO2S. The van der Waals surface area contributed by atoms with Crippen molar-refractivity contribution in [1.29, 1.82) is 0 Å². The van der Waals surface area contributed by atoms with Crippen LogP contribution >= 0.6 is 23.4 Å². The Hall–Kier alpha value is -0.870. The normalized spacial score (nSPS) is 19.8. The predicted octanol–water partition coefficient (Wildman–Crippen LogP) is 2.54. The number of ether oxygens (including phenoxy) is 1. The van der Waals surface area contributed by atoms with Gasteiger partial charge in [0.2, 0.25) is 0 Å². The van der Waals surface area contributed by atoms with Gasteiger partial charge < -0.3 is 10.1 Å². The number of amides is 1. The van der Waals surface area contributed by atoms with Crippen molar-refractivity contribution in [2.24, 2.45) is 0 Å². The Balaban J connectivity index is 1.85. The highest BCUT2D eigenvalue weighted by molar-refractivity contribution is 7.99. The van der Waals surface area contributed by atoms with Crippen molar-refractivity contribution in [3.8, 4) is 0 Å². The van der Waals surface area contributed by atoms with E-state index in [1.807, 2.05) is 24.3 Å². The standard InChI is InChI=1S/C10H10ClNO2S/c11-7-2-1-3-9(4-7)15-6-8-5-12-10(13)14-8/h1-4,8H,5-6H2,(H,12,13). The van der Waals surface area contributed by atoms with Crippen molar-refractivity contribution >= 4 is 29.5 Å². The van der Waals surface area contributed by atoms with E-state index in [-0.39, 0.29) is 12.2 Å². The molecule has 0 radical (unpaired) electrons. The zero-order valence-corrected chi connectivity index (χ0v) is 9.48. The predicted molar refractivity (Wildman–Crippen MR) is 60.4 cm³/mol. The van der Waals surface area contributed by atoms with Gasteiger partial charge in [0.25, 0.3) is 0 Å². The summed E-state index contributed by atoms with van der Waals surface area (Å²) >= 11 is 7.48. The largest absolute Gasteiger partial charge is 0.443 e. The van der Waals surface area contributed by atoms with E-state index in [4.69, 9.17) is 16.3 Å². The number of halogens is 1.